The molecule has 0 atom stereocenters. The second-order valence-corrected chi connectivity index (χ2v) is 6.92. The van der Waals surface area contributed by atoms with Crippen LogP contribution in [0, 0.1) is 13.8 Å². The first-order valence-electron chi connectivity index (χ1n) is 9.81. The molecule has 0 aliphatic carbocycles. The van der Waals surface area contributed by atoms with Gasteiger partial charge in [0, 0.05) is 30.8 Å². The Morgan fingerprint density at radius 1 is 1.03 bits per heavy atom. The predicted octanol–water partition coefficient (Wildman–Crippen LogP) is 4.38. The molecule has 6 heteroatoms. The second-order valence-electron chi connectivity index (χ2n) is 6.92. The van der Waals surface area contributed by atoms with Crippen molar-refractivity contribution in [3.63, 3.8) is 0 Å². The summed E-state index contributed by atoms with van der Waals surface area (Å²) in [5.41, 5.74) is 3.96. The number of nitrogens with one attached hydrogen (secondary N) is 2. The van der Waals surface area contributed by atoms with Crippen molar-refractivity contribution in [1.82, 2.24) is 10.5 Å². The lowest BCUT2D eigenvalue weighted by atomic mass is 10.1. The minimum absolute atomic E-state index is 0.00838. The number of amides is 1. The van der Waals surface area contributed by atoms with Crippen LogP contribution in [0.4, 0.5) is 5.69 Å². The average molecular weight is 393 g/mol. The van der Waals surface area contributed by atoms with E-state index in [1.54, 1.807) is 0 Å². The fourth-order valence-electron chi connectivity index (χ4n) is 2.95. The number of rotatable bonds is 10. The van der Waals surface area contributed by atoms with Gasteiger partial charge in [-0.3, -0.25) is 4.79 Å². The average Bonchev–Trinajstić information content (AvgIpc) is 3.05. The quantitative estimate of drug-likeness (QED) is 0.500. The maximum atomic E-state index is 12.1. The number of para-hydroxylation sites is 1. The number of benzene rings is 2. The maximum Gasteiger partial charge on any atom is 0.224 e. The second kappa shape index (κ2) is 10.4. The minimum Gasteiger partial charge on any atom is -0.494 e. The highest BCUT2D eigenvalue weighted by molar-refractivity contribution is 5.90. The van der Waals surface area contributed by atoms with E-state index in [2.05, 4.69) is 15.8 Å². The molecule has 3 aromatic rings. The number of nitrogens with zero attached hydrogens (tertiary/aromatic N) is 1. The topological polar surface area (TPSA) is 76.4 Å². The zero-order valence-electron chi connectivity index (χ0n) is 16.9. The fourth-order valence-corrected chi connectivity index (χ4v) is 2.95. The number of aromatic nitrogens is 1. The summed E-state index contributed by atoms with van der Waals surface area (Å²) in [6.07, 6.45) is 1.10. The van der Waals surface area contributed by atoms with Crippen LogP contribution in [0.25, 0.3) is 0 Å². The van der Waals surface area contributed by atoms with Crippen LogP contribution in [-0.2, 0) is 17.9 Å². The number of carbonyl (C=O) groups is 1. The van der Waals surface area contributed by atoms with E-state index in [9.17, 15) is 4.79 Å². The standard InChI is InChI=1S/C23H27N3O3/c1-17-22(18(2)29-26-17)16-24-15-19-10-12-20(13-11-19)25-23(27)9-6-14-28-21-7-4-3-5-8-21/h3-5,7-8,10-13,24H,6,9,14-16H2,1-2H3,(H,25,27). The molecule has 1 amide bonds. The molecule has 0 saturated carbocycles. The van der Waals surface area contributed by atoms with Gasteiger partial charge in [-0.05, 0) is 50.1 Å². The van der Waals surface area contributed by atoms with Crippen LogP contribution in [0.5, 0.6) is 5.75 Å². The van der Waals surface area contributed by atoms with Crippen LogP contribution >= 0.6 is 0 Å². The zero-order valence-corrected chi connectivity index (χ0v) is 16.9. The SMILES string of the molecule is Cc1noc(C)c1CNCc1ccc(NC(=O)CCCOc2ccccc2)cc1. The molecular weight excluding hydrogens is 366 g/mol. The lowest BCUT2D eigenvalue weighted by Gasteiger charge is -2.08. The van der Waals surface area contributed by atoms with Crippen molar-refractivity contribution in [3.05, 3.63) is 77.2 Å². The van der Waals surface area contributed by atoms with Gasteiger partial charge in [-0.2, -0.15) is 0 Å². The molecule has 0 fully saturated rings. The summed E-state index contributed by atoms with van der Waals surface area (Å²) in [5, 5.41) is 10.3. The van der Waals surface area contributed by atoms with Crippen molar-refractivity contribution >= 4 is 11.6 Å². The van der Waals surface area contributed by atoms with Gasteiger partial charge in [-0.25, -0.2) is 0 Å². The molecule has 0 radical (unpaired) electrons. The Balaban J connectivity index is 1.35. The van der Waals surface area contributed by atoms with E-state index in [1.165, 1.54) is 0 Å². The monoisotopic (exact) mass is 393 g/mol. The number of carbonyl (C=O) groups excluding carboxylic acids is 1. The third kappa shape index (κ3) is 6.47. The number of hydrogen-bond donors (Lipinski definition) is 2. The van der Waals surface area contributed by atoms with Crippen molar-refractivity contribution < 1.29 is 14.1 Å². The first-order valence-corrected chi connectivity index (χ1v) is 9.81. The molecule has 1 aromatic heterocycles. The summed E-state index contributed by atoms with van der Waals surface area (Å²) in [5.74, 6) is 1.67. The highest BCUT2D eigenvalue weighted by Gasteiger charge is 2.08. The number of anilines is 1. The van der Waals surface area contributed by atoms with E-state index in [0.29, 0.717) is 26.0 Å². The minimum atomic E-state index is -0.00838. The van der Waals surface area contributed by atoms with Crippen LogP contribution in [0.1, 0.15) is 35.4 Å². The van der Waals surface area contributed by atoms with E-state index >= 15 is 0 Å². The van der Waals surface area contributed by atoms with Crippen molar-refractivity contribution in [2.75, 3.05) is 11.9 Å². The predicted molar refractivity (Wildman–Crippen MR) is 113 cm³/mol. The summed E-state index contributed by atoms with van der Waals surface area (Å²) in [6.45, 7) is 5.83. The van der Waals surface area contributed by atoms with E-state index in [1.807, 2.05) is 68.4 Å². The van der Waals surface area contributed by atoms with Gasteiger partial charge in [-0.15, -0.1) is 0 Å². The van der Waals surface area contributed by atoms with Gasteiger partial charge >= 0.3 is 0 Å². The van der Waals surface area contributed by atoms with Crippen molar-refractivity contribution in [2.24, 2.45) is 0 Å². The summed E-state index contributed by atoms with van der Waals surface area (Å²) in [4.78, 5) is 12.1. The maximum absolute atomic E-state index is 12.1. The molecule has 2 N–H and O–H groups in total. The van der Waals surface area contributed by atoms with Gasteiger partial charge in [0.05, 0.1) is 12.3 Å². The smallest absolute Gasteiger partial charge is 0.224 e. The summed E-state index contributed by atoms with van der Waals surface area (Å²) >= 11 is 0. The molecular formula is C23H27N3O3. The van der Waals surface area contributed by atoms with E-state index in [-0.39, 0.29) is 5.91 Å². The van der Waals surface area contributed by atoms with Gasteiger partial charge in [-0.1, -0.05) is 35.5 Å². The number of ether oxygens (including phenoxy) is 1. The first-order chi connectivity index (χ1) is 14.1. The van der Waals surface area contributed by atoms with Crippen molar-refractivity contribution in [3.8, 4) is 5.75 Å². The third-order valence-corrected chi connectivity index (χ3v) is 4.61. The number of hydrogen-bond acceptors (Lipinski definition) is 5. The molecule has 0 aliphatic heterocycles. The Labute approximate surface area is 171 Å². The normalized spacial score (nSPS) is 10.7. The number of aryl methyl sites for hydroxylation is 2. The Morgan fingerprint density at radius 3 is 2.48 bits per heavy atom. The Kier molecular flexibility index (Phi) is 7.41. The molecule has 29 heavy (non-hydrogen) atoms. The highest BCUT2D eigenvalue weighted by Crippen LogP contribution is 2.14. The summed E-state index contributed by atoms with van der Waals surface area (Å²) in [7, 11) is 0. The van der Waals surface area contributed by atoms with Gasteiger partial charge < -0.3 is 19.9 Å². The fraction of sp³-hybridized carbons (Fsp3) is 0.304. The van der Waals surface area contributed by atoms with Gasteiger partial charge in [0.25, 0.3) is 0 Å². The van der Waals surface area contributed by atoms with Crippen LogP contribution in [0.15, 0.2) is 59.1 Å². The molecule has 2 aromatic carbocycles. The van der Waals surface area contributed by atoms with E-state index in [4.69, 9.17) is 9.26 Å². The van der Waals surface area contributed by atoms with Crippen LogP contribution < -0.4 is 15.4 Å². The summed E-state index contributed by atoms with van der Waals surface area (Å²) < 4.78 is 10.8. The Hall–Kier alpha value is -3.12. The molecule has 0 aliphatic rings. The molecule has 152 valence electrons. The molecule has 0 unspecified atom stereocenters. The van der Waals surface area contributed by atoms with Gasteiger partial charge in [0.15, 0.2) is 0 Å². The molecule has 6 nitrogen and oxygen atoms in total. The summed E-state index contributed by atoms with van der Waals surface area (Å²) in [6, 6.07) is 17.5. The molecule has 0 spiro atoms. The molecule has 0 saturated heterocycles. The lowest BCUT2D eigenvalue weighted by Crippen LogP contribution is -2.14. The third-order valence-electron chi connectivity index (χ3n) is 4.61. The molecule has 1 heterocycles. The first kappa shape index (κ1) is 20.6. The highest BCUT2D eigenvalue weighted by atomic mass is 16.5. The van der Waals surface area contributed by atoms with Gasteiger partial charge in [0.2, 0.25) is 5.91 Å². The largest absolute Gasteiger partial charge is 0.494 e. The lowest BCUT2D eigenvalue weighted by molar-refractivity contribution is -0.116. The Morgan fingerprint density at radius 2 is 1.79 bits per heavy atom. The Bertz CT molecular complexity index is 885. The van der Waals surface area contributed by atoms with E-state index in [0.717, 1.165) is 40.6 Å². The van der Waals surface area contributed by atoms with E-state index < -0.39 is 0 Å². The zero-order chi connectivity index (χ0) is 20.5. The van der Waals surface area contributed by atoms with Crippen molar-refractivity contribution in [2.45, 2.75) is 39.8 Å². The molecule has 0 bridgehead atoms. The molecule has 3 rings (SSSR count). The van der Waals surface area contributed by atoms with Crippen LogP contribution in [0.3, 0.4) is 0 Å². The van der Waals surface area contributed by atoms with Gasteiger partial charge in [0.1, 0.15) is 11.5 Å². The van der Waals surface area contributed by atoms with Crippen LogP contribution in [-0.4, -0.2) is 17.7 Å². The van der Waals surface area contributed by atoms with Crippen LogP contribution in [0.2, 0.25) is 0 Å². The van der Waals surface area contributed by atoms with Crippen molar-refractivity contribution in [1.29, 1.82) is 0 Å².